The standard InChI is InChI=1S/C9H6FS/c1-6-4-7-2-3-8(10)5-9(7)11-6/h2-5H,1H2. The molecule has 0 fully saturated rings. The van der Waals surface area contributed by atoms with Crippen LogP contribution in [0.2, 0.25) is 0 Å². The highest BCUT2D eigenvalue weighted by atomic mass is 32.1. The average Bonchev–Trinajstić information content (AvgIpc) is 2.27. The van der Waals surface area contributed by atoms with E-state index in [9.17, 15) is 4.39 Å². The van der Waals surface area contributed by atoms with Crippen LogP contribution in [0.3, 0.4) is 0 Å². The Labute approximate surface area is 68.3 Å². The van der Waals surface area contributed by atoms with Crippen LogP contribution in [0.15, 0.2) is 24.3 Å². The molecule has 0 aliphatic carbocycles. The first-order chi connectivity index (χ1) is 5.25. The fraction of sp³-hybridized carbons (Fsp3) is 0. The minimum Gasteiger partial charge on any atom is -0.207 e. The first kappa shape index (κ1) is 6.80. The molecule has 1 aromatic heterocycles. The molecule has 2 heteroatoms. The molecule has 2 rings (SSSR count). The largest absolute Gasteiger partial charge is 0.207 e. The van der Waals surface area contributed by atoms with Crippen molar-refractivity contribution in [1.82, 2.24) is 0 Å². The Morgan fingerprint density at radius 2 is 2.09 bits per heavy atom. The maximum absolute atomic E-state index is 12.6. The Morgan fingerprint density at radius 1 is 1.27 bits per heavy atom. The number of hydrogen-bond acceptors (Lipinski definition) is 1. The summed E-state index contributed by atoms with van der Waals surface area (Å²) in [6, 6.07) is 6.73. The minimum absolute atomic E-state index is 0.181. The molecule has 0 unspecified atom stereocenters. The molecule has 0 saturated carbocycles. The quantitative estimate of drug-likeness (QED) is 0.562. The molecule has 1 heterocycles. The molecule has 11 heavy (non-hydrogen) atoms. The van der Waals surface area contributed by atoms with E-state index in [2.05, 4.69) is 6.92 Å². The molecule has 2 aromatic rings. The zero-order chi connectivity index (χ0) is 7.84. The van der Waals surface area contributed by atoms with E-state index in [1.165, 1.54) is 23.5 Å². The zero-order valence-corrected chi connectivity index (χ0v) is 6.62. The van der Waals surface area contributed by atoms with Gasteiger partial charge < -0.3 is 0 Å². The third-order valence-corrected chi connectivity index (χ3v) is 2.49. The molecule has 0 nitrogen and oxygen atoms in total. The summed E-state index contributed by atoms with van der Waals surface area (Å²) >= 11 is 1.52. The number of thiophene rings is 1. The normalized spacial score (nSPS) is 10.7. The Morgan fingerprint density at radius 3 is 2.91 bits per heavy atom. The van der Waals surface area contributed by atoms with Gasteiger partial charge in [0.2, 0.25) is 0 Å². The Hall–Kier alpha value is -0.890. The highest BCUT2D eigenvalue weighted by Gasteiger charge is 1.98. The van der Waals surface area contributed by atoms with E-state index in [1.807, 2.05) is 6.07 Å². The van der Waals surface area contributed by atoms with Crippen molar-refractivity contribution in [3.05, 3.63) is 41.9 Å². The molecule has 0 N–H and O–H groups in total. The van der Waals surface area contributed by atoms with E-state index in [4.69, 9.17) is 0 Å². The molecule has 55 valence electrons. The van der Waals surface area contributed by atoms with Gasteiger partial charge in [0.1, 0.15) is 5.82 Å². The summed E-state index contributed by atoms with van der Waals surface area (Å²) in [5, 5.41) is 1.07. The predicted molar refractivity (Wildman–Crippen MR) is 46.2 cm³/mol. The third-order valence-electron chi connectivity index (χ3n) is 1.53. The second-order valence-electron chi connectivity index (χ2n) is 2.39. The average molecular weight is 165 g/mol. The van der Waals surface area contributed by atoms with E-state index < -0.39 is 0 Å². The lowest BCUT2D eigenvalue weighted by Crippen LogP contribution is -1.68. The number of hydrogen-bond donors (Lipinski definition) is 0. The van der Waals surface area contributed by atoms with Crippen LogP contribution in [0.1, 0.15) is 4.88 Å². The first-order valence-electron chi connectivity index (χ1n) is 3.27. The van der Waals surface area contributed by atoms with Crippen molar-refractivity contribution in [1.29, 1.82) is 0 Å². The molecule has 0 aliphatic rings. The van der Waals surface area contributed by atoms with Crippen molar-refractivity contribution < 1.29 is 4.39 Å². The molecule has 0 spiro atoms. The van der Waals surface area contributed by atoms with Crippen LogP contribution in [-0.2, 0) is 0 Å². The molecule has 0 bridgehead atoms. The number of rotatable bonds is 0. The number of fused-ring (bicyclic) bond motifs is 1. The summed E-state index contributed by atoms with van der Waals surface area (Å²) in [6.45, 7) is 3.78. The number of halogens is 1. The van der Waals surface area contributed by atoms with Crippen LogP contribution >= 0.6 is 11.3 Å². The Bertz CT molecular complexity index is 389. The van der Waals surface area contributed by atoms with Crippen molar-refractivity contribution in [2.45, 2.75) is 0 Å². The predicted octanol–water partition coefficient (Wildman–Crippen LogP) is 3.22. The molecular formula is C9H6FS. The second kappa shape index (κ2) is 2.31. The van der Waals surface area contributed by atoms with Gasteiger partial charge in [0.05, 0.1) is 0 Å². The van der Waals surface area contributed by atoms with Crippen LogP contribution in [0, 0.1) is 12.7 Å². The second-order valence-corrected chi connectivity index (χ2v) is 3.56. The lowest BCUT2D eigenvalue weighted by Gasteiger charge is -1.86. The highest BCUT2D eigenvalue weighted by Crippen LogP contribution is 2.25. The van der Waals surface area contributed by atoms with Crippen LogP contribution in [0.5, 0.6) is 0 Å². The Kier molecular flexibility index (Phi) is 1.43. The van der Waals surface area contributed by atoms with Crippen LogP contribution in [-0.4, -0.2) is 0 Å². The summed E-state index contributed by atoms with van der Waals surface area (Å²) in [4.78, 5) is 0.977. The van der Waals surface area contributed by atoms with Gasteiger partial charge in [-0.15, -0.1) is 11.3 Å². The van der Waals surface area contributed by atoms with Crippen LogP contribution < -0.4 is 0 Å². The van der Waals surface area contributed by atoms with Gasteiger partial charge in [0.25, 0.3) is 0 Å². The van der Waals surface area contributed by atoms with Crippen molar-refractivity contribution in [2.75, 3.05) is 0 Å². The van der Waals surface area contributed by atoms with Crippen LogP contribution in [0.25, 0.3) is 10.1 Å². The molecule has 0 saturated heterocycles. The molecule has 1 aromatic carbocycles. The smallest absolute Gasteiger partial charge is 0.124 e. The minimum atomic E-state index is -0.181. The Balaban J connectivity index is 2.82. The number of benzene rings is 1. The van der Waals surface area contributed by atoms with Crippen molar-refractivity contribution in [3.8, 4) is 0 Å². The van der Waals surface area contributed by atoms with Gasteiger partial charge in [-0.25, -0.2) is 4.39 Å². The van der Waals surface area contributed by atoms with Gasteiger partial charge in [0, 0.05) is 9.58 Å². The highest BCUT2D eigenvalue weighted by molar-refractivity contribution is 7.19. The SMILES string of the molecule is [CH2]c1cc2ccc(F)cc2s1. The van der Waals surface area contributed by atoms with E-state index in [-0.39, 0.29) is 5.82 Å². The summed E-state index contributed by atoms with van der Waals surface area (Å²) in [5.41, 5.74) is 0. The van der Waals surface area contributed by atoms with Gasteiger partial charge in [-0.2, -0.15) is 0 Å². The van der Waals surface area contributed by atoms with Crippen molar-refractivity contribution in [3.63, 3.8) is 0 Å². The lowest BCUT2D eigenvalue weighted by atomic mass is 10.2. The van der Waals surface area contributed by atoms with E-state index in [1.54, 1.807) is 6.07 Å². The van der Waals surface area contributed by atoms with E-state index in [0.717, 1.165) is 15.0 Å². The first-order valence-corrected chi connectivity index (χ1v) is 4.08. The van der Waals surface area contributed by atoms with Gasteiger partial charge in [0.15, 0.2) is 0 Å². The zero-order valence-electron chi connectivity index (χ0n) is 5.80. The van der Waals surface area contributed by atoms with Crippen LogP contribution in [0.4, 0.5) is 4.39 Å². The topological polar surface area (TPSA) is 0 Å². The van der Waals surface area contributed by atoms with Crippen molar-refractivity contribution >= 4 is 21.4 Å². The maximum Gasteiger partial charge on any atom is 0.124 e. The molecule has 1 radical (unpaired) electrons. The third kappa shape index (κ3) is 1.14. The van der Waals surface area contributed by atoms with E-state index in [0.29, 0.717) is 0 Å². The molecule has 0 atom stereocenters. The molecule has 0 amide bonds. The summed E-state index contributed by atoms with van der Waals surface area (Å²) in [7, 11) is 0. The monoisotopic (exact) mass is 165 g/mol. The van der Waals surface area contributed by atoms with Gasteiger partial charge >= 0.3 is 0 Å². The van der Waals surface area contributed by atoms with E-state index >= 15 is 0 Å². The lowest BCUT2D eigenvalue weighted by molar-refractivity contribution is 0.630. The fourth-order valence-corrected chi connectivity index (χ4v) is 1.94. The van der Waals surface area contributed by atoms with Crippen molar-refractivity contribution in [2.24, 2.45) is 0 Å². The van der Waals surface area contributed by atoms with Gasteiger partial charge in [-0.1, -0.05) is 6.07 Å². The summed E-state index contributed by atoms with van der Waals surface area (Å²) < 4.78 is 13.6. The van der Waals surface area contributed by atoms with Gasteiger partial charge in [-0.05, 0) is 30.5 Å². The fourth-order valence-electron chi connectivity index (χ4n) is 1.06. The summed E-state index contributed by atoms with van der Waals surface area (Å²) in [5.74, 6) is -0.181. The summed E-state index contributed by atoms with van der Waals surface area (Å²) in [6.07, 6.45) is 0. The molecule has 0 aliphatic heterocycles. The van der Waals surface area contributed by atoms with Gasteiger partial charge in [-0.3, -0.25) is 0 Å². The maximum atomic E-state index is 12.6. The molecular weight excluding hydrogens is 159 g/mol.